The van der Waals surface area contributed by atoms with Crippen molar-refractivity contribution in [2.24, 2.45) is 5.90 Å². The van der Waals surface area contributed by atoms with Gasteiger partial charge >= 0.3 is 0 Å². The van der Waals surface area contributed by atoms with Gasteiger partial charge in [0.1, 0.15) is 6.61 Å². The van der Waals surface area contributed by atoms with E-state index < -0.39 is 5.82 Å². The summed E-state index contributed by atoms with van der Waals surface area (Å²) in [5, 5.41) is 0. The van der Waals surface area contributed by atoms with E-state index in [1.807, 2.05) is 0 Å². The van der Waals surface area contributed by atoms with Gasteiger partial charge in [0.25, 0.3) is 0 Å². The molecular weight excluding hydrogens is 217 g/mol. The second-order valence-electron chi connectivity index (χ2n) is 2.92. The monoisotopic (exact) mass is 231 g/mol. The highest BCUT2D eigenvalue weighted by molar-refractivity contribution is 5.54. The molecule has 1 aromatic rings. The van der Waals surface area contributed by atoms with Crippen molar-refractivity contribution in [1.82, 2.24) is 0 Å². The maximum absolute atomic E-state index is 13.6. The smallest absolute Gasteiger partial charge is 0.170 e. The van der Waals surface area contributed by atoms with Crippen LogP contribution in [0.25, 0.3) is 0 Å². The van der Waals surface area contributed by atoms with Crippen molar-refractivity contribution >= 4 is 0 Å². The van der Waals surface area contributed by atoms with Gasteiger partial charge in [-0.3, -0.25) is 4.84 Å². The van der Waals surface area contributed by atoms with Crippen molar-refractivity contribution in [2.45, 2.75) is 6.61 Å². The molecule has 0 unspecified atom stereocenters. The van der Waals surface area contributed by atoms with E-state index in [1.165, 1.54) is 27.4 Å². The minimum absolute atomic E-state index is 0.0306. The summed E-state index contributed by atoms with van der Waals surface area (Å²) in [7, 11) is 4.20. The quantitative estimate of drug-likeness (QED) is 0.772. The van der Waals surface area contributed by atoms with Crippen LogP contribution in [0.2, 0.25) is 0 Å². The molecular formula is C10H14FNO4. The van der Waals surface area contributed by atoms with Crippen LogP contribution in [0.4, 0.5) is 4.39 Å². The normalized spacial score (nSPS) is 10.1. The Morgan fingerprint density at radius 2 is 1.75 bits per heavy atom. The minimum atomic E-state index is -0.563. The number of benzene rings is 1. The molecule has 0 aliphatic rings. The van der Waals surface area contributed by atoms with Crippen molar-refractivity contribution in [3.63, 3.8) is 0 Å². The first kappa shape index (κ1) is 12.5. The summed E-state index contributed by atoms with van der Waals surface area (Å²) in [6, 6.07) is 1.18. The molecule has 0 amide bonds. The second-order valence-corrected chi connectivity index (χ2v) is 2.92. The first-order valence-corrected chi connectivity index (χ1v) is 4.48. The van der Waals surface area contributed by atoms with Gasteiger partial charge in [0.05, 0.1) is 26.9 Å². The number of hydrogen-bond donors (Lipinski definition) is 1. The lowest BCUT2D eigenvalue weighted by atomic mass is 10.1. The first-order chi connectivity index (χ1) is 7.69. The Balaban J connectivity index is 3.40. The Hall–Kier alpha value is -1.53. The topological polar surface area (TPSA) is 62.9 Å². The molecule has 0 spiro atoms. The predicted molar refractivity (Wildman–Crippen MR) is 55.0 cm³/mol. The van der Waals surface area contributed by atoms with Gasteiger partial charge in [-0.15, -0.1) is 0 Å². The molecule has 90 valence electrons. The summed E-state index contributed by atoms with van der Waals surface area (Å²) >= 11 is 0. The molecule has 1 aromatic carbocycles. The van der Waals surface area contributed by atoms with E-state index >= 15 is 0 Å². The zero-order valence-corrected chi connectivity index (χ0v) is 9.37. The molecule has 0 bridgehead atoms. The summed E-state index contributed by atoms with van der Waals surface area (Å²) in [4.78, 5) is 4.49. The van der Waals surface area contributed by atoms with Crippen LogP contribution in [0.1, 0.15) is 5.56 Å². The highest BCUT2D eigenvalue weighted by Gasteiger charge is 2.20. The van der Waals surface area contributed by atoms with Crippen molar-refractivity contribution in [1.29, 1.82) is 0 Å². The maximum atomic E-state index is 13.6. The average molecular weight is 231 g/mol. The number of methoxy groups -OCH3 is 3. The van der Waals surface area contributed by atoms with E-state index in [0.717, 1.165) is 0 Å². The molecule has 0 aromatic heterocycles. The van der Waals surface area contributed by atoms with Crippen LogP contribution in [0.15, 0.2) is 6.07 Å². The third-order valence-electron chi connectivity index (χ3n) is 2.10. The largest absolute Gasteiger partial charge is 0.493 e. The van der Waals surface area contributed by atoms with E-state index in [1.54, 1.807) is 0 Å². The summed E-state index contributed by atoms with van der Waals surface area (Å²) in [6.07, 6.45) is 0. The van der Waals surface area contributed by atoms with E-state index in [2.05, 4.69) is 4.84 Å². The Labute approximate surface area is 92.8 Å². The molecule has 2 N–H and O–H groups in total. The summed E-state index contributed by atoms with van der Waals surface area (Å²) < 4.78 is 28.6. The SMILES string of the molecule is COc1cc(F)c(OC)c(CON)c1OC. The molecule has 6 heteroatoms. The third kappa shape index (κ3) is 2.17. The van der Waals surface area contributed by atoms with Gasteiger partial charge in [0, 0.05) is 6.07 Å². The molecule has 5 nitrogen and oxygen atoms in total. The molecule has 0 saturated heterocycles. The highest BCUT2D eigenvalue weighted by Crippen LogP contribution is 2.39. The molecule has 0 saturated carbocycles. The molecule has 0 heterocycles. The van der Waals surface area contributed by atoms with Crippen LogP contribution < -0.4 is 20.1 Å². The van der Waals surface area contributed by atoms with Crippen molar-refractivity contribution < 1.29 is 23.4 Å². The summed E-state index contributed by atoms with van der Waals surface area (Å²) in [5.74, 6) is 5.04. The molecule has 0 fully saturated rings. The zero-order valence-electron chi connectivity index (χ0n) is 9.37. The molecule has 1 rings (SSSR count). The fraction of sp³-hybridized carbons (Fsp3) is 0.400. The lowest BCUT2D eigenvalue weighted by Crippen LogP contribution is -2.06. The van der Waals surface area contributed by atoms with E-state index in [-0.39, 0.29) is 18.1 Å². The molecule has 0 atom stereocenters. The number of halogens is 1. The number of ether oxygens (including phenoxy) is 3. The predicted octanol–water partition coefficient (Wildman–Crippen LogP) is 1.24. The Bertz CT molecular complexity index is 370. The highest BCUT2D eigenvalue weighted by atomic mass is 19.1. The van der Waals surface area contributed by atoms with Crippen LogP contribution in [0.3, 0.4) is 0 Å². The van der Waals surface area contributed by atoms with E-state index in [0.29, 0.717) is 11.3 Å². The van der Waals surface area contributed by atoms with Crippen LogP contribution in [-0.2, 0) is 11.4 Å². The van der Waals surface area contributed by atoms with Gasteiger partial charge in [-0.25, -0.2) is 10.3 Å². The first-order valence-electron chi connectivity index (χ1n) is 4.48. The molecule has 0 aliphatic heterocycles. The Kier molecular flexibility index (Phi) is 4.33. The van der Waals surface area contributed by atoms with E-state index in [9.17, 15) is 4.39 Å². The van der Waals surface area contributed by atoms with Crippen LogP contribution in [0, 0.1) is 5.82 Å². The molecule has 0 aliphatic carbocycles. The van der Waals surface area contributed by atoms with Gasteiger partial charge in [-0.1, -0.05) is 0 Å². The van der Waals surface area contributed by atoms with Gasteiger partial charge < -0.3 is 14.2 Å². The van der Waals surface area contributed by atoms with Crippen LogP contribution >= 0.6 is 0 Å². The van der Waals surface area contributed by atoms with E-state index in [4.69, 9.17) is 20.1 Å². The lowest BCUT2D eigenvalue weighted by molar-refractivity contribution is 0.119. The summed E-state index contributed by atoms with van der Waals surface area (Å²) in [5.41, 5.74) is 0.365. The Morgan fingerprint density at radius 3 is 2.19 bits per heavy atom. The zero-order chi connectivity index (χ0) is 12.1. The standard InChI is InChI=1S/C10H14FNO4/c1-13-8-4-7(11)9(14-2)6(5-16-12)10(8)15-3/h4H,5,12H2,1-3H3. The minimum Gasteiger partial charge on any atom is -0.493 e. The van der Waals surface area contributed by atoms with Crippen LogP contribution in [0.5, 0.6) is 17.2 Å². The molecule has 16 heavy (non-hydrogen) atoms. The van der Waals surface area contributed by atoms with Crippen molar-refractivity contribution in [3.8, 4) is 17.2 Å². The van der Waals surface area contributed by atoms with Gasteiger partial charge in [-0.2, -0.15) is 0 Å². The lowest BCUT2D eigenvalue weighted by Gasteiger charge is -2.16. The number of rotatable bonds is 5. The fourth-order valence-electron chi connectivity index (χ4n) is 1.45. The number of hydrogen-bond acceptors (Lipinski definition) is 5. The molecule has 0 radical (unpaired) electrons. The fourth-order valence-corrected chi connectivity index (χ4v) is 1.45. The number of nitrogens with two attached hydrogens (primary N) is 1. The van der Waals surface area contributed by atoms with Crippen LogP contribution in [-0.4, -0.2) is 21.3 Å². The van der Waals surface area contributed by atoms with Crippen molar-refractivity contribution in [3.05, 3.63) is 17.4 Å². The van der Waals surface area contributed by atoms with Crippen molar-refractivity contribution in [2.75, 3.05) is 21.3 Å². The average Bonchev–Trinajstić information content (AvgIpc) is 2.29. The van der Waals surface area contributed by atoms with Gasteiger partial charge in [0.2, 0.25) is 0 Å². The third-order valence-corrected chi connectivity index (χ3v) is 2.10. The summed E-state index contributed by atoms with van der Waals surface area (Å²) in [6.45, 7) is -0.0412. The van der Waals surface area contributed by atoms with Gasteiger partial charge in [-0.05, 0) is 0 Å². The van der Waals surface area contributed by atoms with Gasteiger partial charge in [0.15, 0.2) is 23.1 Å². The second kappa shape index (κ2) is 5.53. The maximum Gasteiger partial charge on any atom is 0.170 e. The Morgan fingerprint density at radius 1 is 1.12 bits per heavy atom.